The van der Waals surface area contributed by atoms with Crippen molar-refractivity contribution < 1.29 is 22.7 Å². The van der Waals surface area contributed by atoms with E-state index in [2.05, 4.69) is 10.6 Å². The van der Waals surface area contributed by atoms with Crippen molar-refractivity contribution in [3.63, 3.8) is 0 Å². The van der Waals surface area contributed by atoms with Crippen LogP contribution in [0.25, 0.3) is 0 Å². The first-order valence-corrected chi connectivity index (χ1v) is 13.2. The van der Waals surface area contributed by atoms with Crippen molar-refractivity contribution in [1.82, 2.24) is 9.62 Å². The standard InChI is InChI=1S/C27H29N3O5S/c1-19-12-13-22(36(33,34)30-14-16-35-17-15-30)18-24(19)27(32)29-25-11-7-6-10-23(25)26(31)28-20(2)21-8-4-3-5-9-21/h3-13,18,20H,14-17H2,1-2H3,(H,28,31)(H,29,32). The number of para-hydroxylation sites is 1. The van der Waals surface area contributed by atoms with Crippen LogP contribution in [0.4, 0.5) is 5.69 Å². The molecule has 188 valence electrons. The zero-order valence-corrected chi connectivity index (χ0v) is 21.0. The van der Waals surface area contributed by atoms with Gasteiger partial charge in [0.25, 0.3) is 11.8 Å². The molecular formula is C27H29N3O5S. The Morgan fingerprint density at radius 3 is 2.28 bits per heavy atom. The van der Waals surface area contributed by atoms with Gasteiger partial charge in [-0.1, -0.05) is 48.5 Å². The van der Waals surface area contributed by atoms with Crippen molar-refractivity contribution in [1.29, 1.82) is 0 Å². The highest BCUT2D eigenvalue weighted by Crippen LogP contribution is 2.23. The number of nitrogens with zero attached hydrogens (tertiary/aromatic N) is 1. The molecule has 1 unspecified atom stereocenters. The lowest BCUT2D eigenvalue weighted by Gasteiger charge is -2.26. The van der Waals surface area contributed by atoms with Crippen LogP contribution in [0, 0.1) is 6.92 Å². The van der Waals surface area contributed by atoms with E-state index in [9.17, 15) is 18.0 Å². The smallest absolute Gasteiger partial charge is 0.255 e. The third-order valence-corrected chi connectivity index (χ3v) is 8.02. The van der Waals surface area contributed by atoms with Crippen molar-refractivity contribution in [2.75, 3.05) is 31.6 Å². The molecule has 0 spiro atoms. The van der Waals surface area contributed by atoms with Crippen molar-refractivity contribution in [2.45, 2.75) is 24.8 Å². The molecule has 1 atom stereocenters. The number of carbonyl (C=O) groups excluding carboxylic acids is 2. The highest BCUT2D eigenvalue weighted by atomic mass is 32.2. The Kier molecular flexibility index (Phi) is 7.83. The molecule has 0 bridgehead atoms. The number of rotatable bonds is 7. The lowest BCUT2D eigenvalue weighted by atomic mass is 10.1. The lowest BCUT2D eigenvalue weighted by molar-refractivity contribution is 0.0730. The van der Waals surface area contributed by atoms with E-state index in [1.54, 1.807) is 37.3 Å². The van der Waals surface area contributed by atoms with Gasteiger partial charge < -0.3 is 15.4 Å². The Balaban J connectivity index is 1.55. The van der Waals surface area contributed by atoms with E-state index in [-0.39, 0.29) is 35.5 Å². The number of amides is 2. The SMILES string of the molecule is Cc1ccc(S(=O)(=O)N2CCOCC2)cc1C(=O)Nc1ccccc1C(=O)NC(C)c1ccccc1. The molecule has 3 aromatic rings. The third-order valence-electron chi connectivity index (χ3n) is 6.13. The van der Waals surface area contributed by atoms with Crippen molar-refractivity contribution in [3.8, 4) is 0 Å². The first-order chi connectivity index (χ1) is 17.3. The van der Waals surface area contributed by atoms with Crippen molar-refractivity contribution in [3.05, 3.63) is 95.1 Å². The second-order valence-electron chi connectivity index (χ2n) is 8.60. The summed E-state index contributed by atoms with van der Waals surface area (Å²) in [5, 5.41) is 5.75. The molecule has 36 heavy (non-hydrogen) atoms. The van der Waals surface area contributed by atoms with Crippen molar-refractivity contribution >= 4 is 27.5 Å². The maximum absolute atomic E-state index is 13.2. The molecule has 0 aromatic heterocycles. The second kappa shape index (κ2) is 11.0. The van der Waals surface area contributed by atoms with Gasteiger partial charge in [-0.3, -0.25) is 9.59 Å². The lowest BCUT2D eigenvalue weighted by Crippen LogP contribution is -2.40. The number of morpholine rings is 1. The topological polar surface area (TPSA) is 105 Å². The van der Waals surface area contributed by atoms with Gasteiger partial charge in [-0.25, -0.2) is 8.42 Å². The van der Waals surface area contributed by atoms with E-state index < -0.39 is 15.9 Å². The fraction of sp³-hybridized carbons (Fsp3) is 0.259. The number of benzene rings is 3. The molecule has 2 amide bonds. The summed E-state index contributed by atoms with van der Waals surface area (Å²) in [6.07, 6.45) is 0. The largest absolute Gasteiger partial charge is 0.379 e. The fourth-order valence-electron chi connectivity index (χ4n) is 4.02. The first kappa shape index (κ1) is 25.6. The van der Waals surface area contributed by atoms with Crippen LogP contribution in [0.15, 0.2) is 77.7 Å². The van der Waals surface area contributed by atoms with Crippen LogP contribution >= 0.6 is 0 Å². The summed E-state index contributed by atoms with van der Waals surface area (Å²) in [6.45, 7) is 4.82. The van der Waals surface area contributed by atoms with Crippen molar-refractivity contribution in [2.24, 2.45) is 0 Å². The summed E-state index contributed by atoms with van der Waals surface area (Å²) >= 11 is 0. The predicted molar refractivity (Wildman–Crippen MR) is 137 cm³/mol. The summed E-state index contributed by atoms with van der Waals surface area (Å²) in [5.41, 5.74) is 2.44. The van der Waals surface area contributed by atoms with E-state index in [4.69, 9.17) is 4.74 Å². The fourth-order valence-corrected chi connectivity index (χ4v) is 5.46. The van der Waals surface area contributed by atoms with Gasteiger partial charge in [0.05, 0.1) is 35.4 Å². The number of anilines is 1. The molecule has 0 aliphatic carbocycles. The average molecular weight is 508 g/mol. The molecule has 1 aliphatic rings. The zero-order valence-electron chi connectivity index (χ0n) is 20.2. The molecule has 1 heterocycles. The maximum atomic E-state index is 13.2. The molecule has 0 radical (unpaired) electrons. The van der Waals surface area contributed by atoms with Crippen LogP contribution in [0.1, 0.15) is 44.8 Å². The highest BCUT2D eigenvalue weighted by Gasteiger charge is 2.27. The Morgan fingerprint density at radius 1 is 0.889 bits per heavy atom. The van der Waals surface area contributed by atoms with Crippen LogP contribution < -0.4 is 10.6 Å². The summed E-state index contributed by atoms with van der Waals surface area (Å²) in [4.78, 5) is 26.3. The Morgan fingerprint density at radius 2 is 1.56 bits per heavy atom. The van der Waals surface area contributed by atoms with Crippen LogP contribution in [0.5, 0.6) is 0 Å². The van der Waals surface area contributed by atoms with Gasteiger partial charge in [0, 0.05) is 18.7 Å². The Hall–Kier alpha value is -3.53. The number of carbonyl (C=O) groups is 2. The number of ether oxygens (including phenoxy) is 1. The van der Waals surface area contributed by atoms with Gasteiger partial charge in [0.15, 0.2) is 0 Å². The predicted octanol–water partition coefficient (Wildman–Crippen LogP) is 3.76. The van der Waals surface area contributed by atoms with Crippen LogP contribution in [-0.4, -0.2) is 50.8 Å². The highest BCUT2D eigenvalue weighted by molar-refractivity contribution is 7.89. The minimum atomic E-state index is -3.76. The number of nitrogens with one attached hydrogen (secondary N) is 2. The summed E-state index contributed by atoms with van der Waals surface area (Å²) in [7, 11) is -3.76. The molecule has 1 fully saturated rings. The molecule has 4 rings (SSSR count). The number of sulfonamides is 1. The zero-order chi connectivity index (χ0) is 25.7. The summed E-state index contributed by atoms with van der Waals surface area (Å²) < 4.78 is 32.8. The average Bonchev–Trinajstić information content (AvgIpc) is 2.90. The molecule has 0 saturated carbocycles. The Labute approximate surface area is 211 Å². The van der Waals surface area contributed by atoms with Gasteiger partial charge in [-0.05, 0) is 49.2 Å². The van der Waals surface area contributed by atoms with Gasteiger partial charge >= 0.3 is 0 Å². The number of aryl methyl sites for hydroxylation is 1. The van der Waals surface area contributed by atoms with E-state index in [1.807, 2.05) is 37.3 Å². The van der Waals surface area contributed by atoms with Gasteiger partial charge in [0.2, 0.25) is 10.0 Å². The van der Waals surface area contributed by atoms with E-state index in [0.717, 1.165) is 5.56 Å². The quantitative estimate of drug-likeness (QED) is 0.507. The Bertz CT molecular complexity index is 1350. The molecule has 9 heteroatoms. The number of hydrogen-bond donors (Lipinski definition) is 2. The monoisotopic (exact) mass is 507 g/mol. The van der Waals surface area contributed by atoms with Gasteiger partial charge in [0.1, 0.15) is 0 Å². The number of hydrogen-bond acceptors (Lipinski definition) is 5. The van der Waals surface area contributed by atoms with Crippen LogP contribution in [0.2, 0.25) is 0 Å². The van der Waals surface area contributed by atoms with E-state index in [0.29, 0.717) is 30.0 Å². The van der Waals surface area contributed by atoms with Gasteiger partial charge in [-0.15, -0.1) is 0 Å². The first-order valence-electron chi connectivity index (χ1n) is 11.7. The van der Waals surface area contributed by atoms with E-state index in [1.165, 1.54) is 16.4 Å². The molecule has 8 nitrogen and oxygen atoms in total. The maximum Gasteiger partial charge on any atom is 0.255 e. The molecule has 3 aromatic carbocycles. The summed E-state index contributed by atoms with van der Waals surface area (Å²) in [5.74, 6) is -0.828. The third kappa shape index (κ3) is 5.64. The minimum absolute atomic E-state index is 0.0443. The minimum Gasteiger partial charge on any atom is -0.379 e. The normalized spacial score (nSPS) is 15.2. The van der Waals surface area contributed by atoms with Crippen LogP contribution in [-0.2, 0) is 14.8 Å². The molecule has 1 saturated heterocycles. The summed E-state index contributed by atoms with van der Waals surface area (Å²) in [6, 6.07) is 20.6. The van der Waals surface area contributed by atoms with E-state index >= 15 is 0 Å². The molecular weight excluding hydrogens is 478 g/mol. The second-order valence-corrected chi connectivity index (χ2v) is 10.5. The molecule has 2 N–H and O–H groups in total. The van der Waals surface area contributed by atoms with Gasteiger partial charge in [-0.2, -0.15) is 4.31 Å². The molecule has 1 aliphatic heterocycles. The van der Waals surface area contributed by atoms with Crippen LogP contribution in [0.3, 0.4) is 0 Å².